The van der Waals surface area contributed by atoms with E-state index >= 15 is 0 Å². The predicted molar refractivity (Wildman–Crippen MR) is 148 cm³/mol. The predicted octanol–water partition coefficient (Wildman–Crippen LogP) is 5.46. The van der Waals surface area contributed by atoms with Crippen molar-refractivity contribution in [3.8, 4) is 23.3 Å². The smallest absolute Gasteiger partial charge is 0.264 e. The second-order valence-corrected chi connectivity index (χ2v) is 9.07. The van der Waals surface area contributed by atoms with Gasteiger partial charge in [-0.1, -0.05) is 36.4 Å². The van der Waals surface area contributed by atoms with Crippen LogP contribution in [0.2, 0.25) is 0 Å². The lowest BCUT2D eigenvalue weighted by Gasteiger charge is -2.15. The number of hydrogen-bond acceptors (Lipinski definition) is 7. The van der Waals surface area contributed by atoms with E-state index in [0.29, 0.717) is 41.0 Å². The molecule has 0 saturated heterocycles. The molecule has 0 bridgehead atoms. The number of nitrogens with zero attached hydrogens (tertiary/aromatic N) is 1. The zero-order valence-corrected chi connectivity index (χ0v) is 22.3. The monoisotopic (exact) mass is 517 g/mol. The molecular weight excluding hydrogens is 486 g/mol. The molecule has 3 rings (SSSR count). The fourth-order valence-electron chi connectivity index (χ4n) is 3.57. The summed E-state index contributed by atoms with van der Waals surface area (Å²) in [6.07, 6.45) is 0.569. The third-order valence-electron chi connectivity index (χ3n) is 5.67. The maximum atomic E-state index is 13.1. The number of carbonyl (C=O) groups excluding carboxylic acids is 1. The van der Waals surface area contributed by atoms with Crippen molar-refractivity contribution in [2.45, 2.75) is 19.1 Å². The number of aryl methyl sites for hydroxylation is 1. The number of benzene rings is 3. The molecule has 3 aromatic carbocycles. The quantitative estimate of drug-likeness (QED) is 0.243. The molecule has 0 atom stereocenters. The van der Waals surface area contributed by atoms with Gasteiger partial charge in [0.05, 0.1) is 26.4 Å². The maximum Gasteiger partial charge on any atom is 0.264 e. The average molecular weight is 518 g/mol. The number of amides is 1. The first-order chi connectivity index (χ1) is 18.0. The van der Waals surface area contributed by atoms with E-state index in [4.69, 9.17) is 14.2 Å². The molecule has 0 unspecified atom stereocenters. The Labute approximate surface area is 222 Å². The van der Waals surface area contributed by atoms with Crippen molar-refractivity contribution in [3.05, 3.63) is 94.0 Å². The molecule has 0 aliphatic rings. The Bertz CT molecular complexity index is 1300. The van der Waals surface area contributed by atoms with Gasteiger partial charge in [-0.2, -0.15) is 5.26 Å². The zero-order chi connectivity index (χ0) is 26.6. The summed E-state index contributed by atoms with van der Waals surface area (Å²) < 4.78 is 15.9. The zero-order valence-electron chi connectivity index (χ0n) is 21.5. The van der Waals surface area contributed by atoms with Crippen LogP contribution in [0.4, 0.5) is 5.69 Å². The van der Waals surface area contributed by atoms with E-state index in [2.05, 4.69) is 16.7 Å². The third-order valence-corrected chi connectivity index (χ3v) is 6.72. The molecule has 3 aromatic rings. The summed E-state index contributed by atoms with van der Waals surface area (Å²) in [5.41, 5.74) is 3.99. The van der Waals surface area contributed by atoms with Crippen molar-refractivity contribution >= 4 is 23.4 Å². The summed E-state index contributed by atoms with van der Waals surface area (Å²) in [5.74, 6) is 2.10. The van der Waals surface area contributed by atoms with Crippen molar-refractivity contribution in [2.75, 3.05) is 33.2 Å². The van der Waals surface area contributed by atoms with Gasteiger partial charge in [-0.05, 0) is 54.3 Å². The van der Waals surface area contributed by atoms with Gasteiger partial charge in [0, 0.05) is 24.1 Å². The van der Waals surface area contributed by atoms with Gasteiger partial charge in [-0.15, -0.1) is 11.8 Å². The lowest BCUT2D eigenvalue weighted by atomic mass is 10.1. The third kappa shape index (κ3) is 7.69. The first kappa shape index (κ1) is 27.5. The molecule has 2 N–H and O–H groups in total. The Morgan fingerprint density at radius 3 is 2.43 bits per heavy atom. The van der Waals surface area contributed by atoms with Gasteiger partial charge in [0.25, 0.3) is 5.91 Å². The number of nitriles is 1. The molecule has 0 radical (unpaired) electrons. The van der Waals surface area contributed by atoms with Crippen LogP contribution in [-0.4, -0.2) is 33.8 Å². The van der Waals surface area contributed by atoms with Gasteiger partial charge in [0.1, 0.15) is 17.4 Å². The van der Waals surface area contributed by atoms with Gasteiger partial charge in [-0.25, -0.2) is 0 Å². The highest BCUT2D eigenvalue weighted by atomic mass is 32.2. The second-order valence-electron chi connectivity index (χ2n) is 8.08. The molecule has 8 heteroatoms. The molecule has 1 amide bonds. The highest BCUT2D eigenvalue weighted by Crippen LogP contribution is 2.29. The van der Waals surface area contributed by atoms with Crippen LogP contribution in [0.1, 0.15) is 16.7 Å². The Morgan fingerprint density at radius 1 is 0.946 bits per heavy atom. The van der Waals surface area contributed by atoms with Crippen LogP contribution < -0.4 is 24.8 Å². The Hall–Kier alpha value is -4.09. The molecule has 0 aliphatic heterocycles. The Kier molecular flexibility index (Phi) is 10.3. The summed E-state index contributed by atoms with van der Waals surface area (Å²) >= 11 is 1.41. The van der Waals surface area contributed by atoms with Crippen LogP contribution in [0.5, 0.6) is 17.2 Å². The minimum Gasteiger partial charge on any atom is -0.497 e. The van der Waals surface area contributed by atoms with E-state index < -0.39 is 5.91 Å². The standard InChI is InChI=1S/C29H31N3O4S/c1-20-8-5-6-9-22(20)19-37-29(32-23-10-7-11-24(17-23)34-2)25(18-30)28(33)31-15-14-21-12-13-26(35-3)27(16-21)36-4/h5-13,16-17,32H,14-15,19H2,1-4H3,(H,31,33). The number of ether oxygens (including phenoxy) is 3. The van der Waals surface area contributed by atoms with Gasteiger partial charge in [0.2, 0.25) is 0 Å². The molecular formula is C29H31N3O4S. The molecule has 0 spiro atoms. The molecule has 7 nitrogen and oxygen atoms in total. The van der Waals surface area contributed by atoms with Crippen molar-refractivity contribution in [2.24, 2.45) is 0 Å². The average Bonchev–Trinajstić information content (AvgIpc) is 2.92. The lowest BCUT2D eigenvalue weighted by Crippen LogP contribution is -2.28. The van der Waals surface area contributed by atoms with Crippen molar-refractivity contribution in [1.29, 1.82) is 5.26 Å². The molecule has 0 saturated carbocycles. The first-order valence-electron chi connectivity index (χ1n) is 11.7. The van der Waals surface area contributed by atoms with Crippen molar-refractivity contribution in [1.82, 2.24) is 5.32 Å². The SMILES string of the molecule is COc1cccc(NC(SCc2ccccc2C)=C(C#N)C(=O)NCCc2ccc(OC)c(OC)c2)c1. The first-order valence-corrected chi connectivity index (χ1v) is 12.7. The van der Waals surface area contributed by atoms with Crippen LogP contribution >= 0.6 is 11.8 Å². The molecule has 0 fully saturated rings. The van der Waals surface area contributed by atoms with Crippen molar-refractivity contribution < 1.29 is 19.0 Å². The van der Waals surface area contributed by atoms with E-state index in [1.54, 1.807) is 21.3 Å². The summed E-state index contributed by atoms with van der Waals surface area (Å²) in [7, 11) is 4.76. The van der Waals surface area contributed by atoms with E-state index in [-0.39, 0.29) is 5.57 Å². The van der Waals surface area contributed by atoms with Crippen LogP contribution in [-0.2, 0) is 17.0 Å². The molecule has 192 valence electrons. The summed E-state index contributed by atoms with van der Waals surface area (Å²) in [4.78, 5) is 13.1. The Balaban J connectivity index is 1.79. The largest absolute Gasteiger partial charge is 0.497 e. The summed E-state index contributed by atoms with van der Waals surface area (Å²) in [6.45, 7) is 2.40. The number of nitrogens with one attached hydrogen (secondary N) is 2. The van der Waals surface area contributed by atoms with Gasteiger partial charge in [0.15, 0.2) is 11.5 Å². The fraction of sp³-hybridized carbons (Fsp3) is 0.241. The van der Waals surface area contributed by atoms with Crippen LogP contribution in [0.15, 0.2) is 77.3 Å². The van der Waals surface area contributed by atoms with E-state index in [1.165, 1.54) is 11.8 Å². The summed E-state index contributed by atoms with van der Waals surface area (Å²) in [6, 6.07) is 23.1. The molecule has 0 heterocycles. The number of hydrogen-bond donors (Lipinski definition) is 2. The van der Waals surface area contributed by atoms with E-state index in [9.17, 15) is 10.1 Å². The highest BCUT2D eigenvalue weighted by molar-refractivity contribution is 8.02. The topological polar surface area (TPSA) is 92.6 Å². The van der Waals surface area contributed by atoms with Crippen LogP contribution in [0.25, 0.3) is 0 Å². The van der Waals surface area contributed by atoms with E-state index in [0.717, 1.165) is 22.4 Å². The molecule has 0 aliphatic carbocycles. The number of rotatable bonds is 12. The second kappa shape index (κ2) is 13.9. The minimum absolute atomic E-state index is 0.0220. The fourth-order valence-corrected chi connectivity index (χ4v) is 4.67. The molecule has 37 heavy (non-hydrogen) atoms. The maximum absolute atomic E-state index is 13.1. The minimum atomic E-state index is -0.439. The lowest BCUT2D eigenvalue weighted by molar-refractivity contribution is -0.117. The van der Waals surface area contributed by atoms with Gasteiger partial charge < -0.3 is 24.8 Å². The number of methoxy groups -OCH3 is 3. The number of carbonyl (C=O) groups is 1. The van der Waals surface area contributed by atoms with E-state index in [1.807, 2.05) is 73.7 Å². The van der Waals surface area contributed by atoms with Crippen molar-refractivity contribution in [3.63, 3.8) is 0 Å². The van der Waals surface area contributed by atoms with Crippen LogP contribution in [0.3, 0.4) is 0 Å². The normalized spacial score (nSPS) is 11.1. The summed E-state index contributed by atoms with van der Waals surface area (Å²) in [5, 5.41) is 16.6. The van der Waals surface area contributed by atoms with Gasteiger partial charge >= 0.3 is 0 Å². The van der Waals surface area contributed by atoms with Gasteiger partial charge in [-0.3, -0.25) is 4.79 Å². The number of thioether (sulfide) groups is 1. The Morgan fingerprint density at radius 2 is 1.73 bits per heavy atom. The number of anilines is 1. The highest BCUT2D eigenvalue weighted by Gasteiger charge is 2.17. The molecule has 0 aromatic heterocycles. The van der Waals surface area contributed by atoms with Crippen LogP contribution in [0, 0.1) is 18.3 Å².